The molecule has 1 amide bonds. The largest absolute Gasteiger partial charge is 0.495 e. The monoisotopic (exact) mass is 324 g/mol. The fourth-order valence-corrected chi connectivity index (χ4v) is 2.03. The number of methoxy groups -OCH3 is 1. The molecule has 23 heavy (non-hydrogen) atoms. The van der Waals surface area contributed by atoms with E-state index in [-0.39, 0.29) is 6.42 Å². The van der Waals surface area contributed by atoms with Crippen LogP contribution in [-0.4, -0.2) is 13.0 Å². The van der Waals surface area contributed by atoms with E-state index in [1.807, 2.05) is 0 Å². The summed E-state index contributed by atoms with van der Waals surface area (Å²) >= 11 is 0. The molecule has 122 valence electrons. The van der Waals surface area contributed by atoms with Gasteiger partial charge in [-0.2, -0.15) is 0 Å². The smallest absolute Gasteiger partial charge is 0.224 e. The Morgan fingerprint density at radius 1 is 1.17 bits per heavy atom. The third-order valence-electron chi connectivity index (χ3n) is 3.24. The standard InChI is InChI=1S/C16H15F3N2O2/c1-23-13-6-2-9(8-11(13)20)3-7-14(22)21-12-5-4-10(17)15(18)16(12)19/h2,4-6,8H,3,7,20H2,1H3,(H,21,22). The summed E-state index contributed by atoms with van der Waals surface area (Å²) < 4.78 is 44.4. The Morgan fingerprint density at radius 2 is 1.91 bits per heavy atom. The van der Waals surface area contributed by atoms with Crippen LogP contribution in [0.2, 0.25) is 0 Å². The molecule has 2 aromatic carbocycles. The van der Waals surface area contributed by atoms with E-state index < -0.39 is 29.0 Å². The number of nitrogen functional groups attached to an aromatic ring is 1. The zero-order valence-corrected chi connectivity index (χ0v) is 12.3. The predicted molar refractivity (Wildman–Crippen MR) is 80.7 cm³/mol. The number of benzene rings is 2. The Balaban J connectivity index is 1.98. The zero-order valence-electron chi connectivity index (χ0n) is 12.3. The second-order valence-electron chi connectivity index (χ2n) is 4.85. The molecule has 0 unspecified atom stereocenters. The molecule has 0 aliphatic heterocycles. The van der Waals surface area contributed by atoms with E-state index in [1.165, 1.54) is 7.11 Å². The minimum absolute atomic E-state index is 0.0319. The minimum Gasteiger partial charge on any atom is -0.495 e. The molecule has 2 rings (SSSR count). The maximum absolute atomic E-state index is 13.5. The summed E-state index contributed by atoms with van der Waals surface area (Å²) in [7, 11) is 1.50. The van der Waals surface area contributed by atoms with Gasteiger partial charge in [0, 0.05) is 6.42 Å². The van der Waals surface area contributed by atoms with Crippen LogP contribution in [0.1, 0.15) is 12.0 Å². The Morgan fingerprint density at radius 3 is 2.57 bits per heavy atom. The summed E-state index contributed by atoms with van der Waals surface area (Å²) in [6.45, 7) is 0. The van der Waals surface area contributed by atoms with Crippen molar-refractivity contribution in [2.24, 2.45) is 0 Å². The van der Waals surface area contributed by atoms with E-state index >= 15 is 0 Å². The van der Waals surface area contributed by atoms with E-state index in [0.717, 1.165) is 17.7 Å². The summed E-state index contributed by atoms with van der Waals surface area (Å²) in [5.41, 5.74) is 6.60. The molecule has 0 atom stereocenters. The molecule has 7 heteroatoms. The number of amides is 1. The average molecular weight is 324 g/mol. The van der Waals surface area contributed by atoms with Crippen LogP contribution in [0, 0.1) is 17.5 Å². The van der Waals surface area contributed by atoms with Gasteiger partial charge >= 0.3 is 0 Å². The first-order chi connectivity index (χ1) is 10.9. The van der Waals surface area contributed by atoms with E-state index in [1.54, 1.807) is 18.2 Å². The second-order valence-corrected chi connectivity index (χ2v) is 4.85. The van der Waals surface area contributed by atoms with Crippen molar-refractivity contribution >= 4 is 17.3 Å². The van der Waals surface area contributed by atoms with Gasteiger partial charge in [-0.25, -0.2) is 13.2 Å². The molecule has 0 bridgehead atoms. The fraction of sp³-hybridized carbons (Fsp3) is 0.188. The first-order valence-electron chi connectivity index (χ1n) is 6.78. The number of nitrogens with two attached hydrogens (primary N) is 1. The zero-order chi connectivity index (χ0) is 17.0. The van der Waals surface area contributed by atoms with Crippen molar-refractivity contribution in [1.29, 1.82) is 0 Å². The minimum atomic E-state index is -1.62. The third-order valence-corrected chi connectivity index (χ3v) is 3.24. The van der Waals surface area contributed by atoms with Crippen LogP contribution in [0.4, 0.5) is 24.5 Å². The fourth-order valence-electron chi connectivity index (χ4n) is 2.03. The molecule has 0 aromatic heterocycles. The lowest BCUT2D eigenvalue weighted by molar-refractivity contribution is -0.116. The summed E-state index contributed by atoms with van der Waals surface area (Å²) in [5, 5.41) is 2.21. The van der Waals surface area contributed by atoms with Crippen LogP contribution < -0.4 is 15.8 Å². The number of hydrogen-bond donors (Lipinski definition) is 2. The van der Waals surface area contributed by atoms with Crippen LogP contribution in [0.5, 0.6) is 5.75 Å². The number of rotatable bonds is 5. The Hall–Kier alpha value is -2.70. The SMILES string of the molecule is COc1ccc(CCC(=O)Nc2ccc(F)c(F)c2F)cc1N. The van der Waals surface area contributed by atoms with Gasteiger partial charge in [-0.05, 0) is 36.2 Å². The van der Waals surface area contributed by atoms with E-state index in [9.17, 15) is 18.0 Å². The number of aryl methyl sites for hydroxylation is 1. The first-order valence-corrected chi connectivity index (χ1v) is 6.78. The van der Waals surface area contributed by atoms with Crippen molar-refractivity contribution in [1.82, 2.24) is 0 Å². The molecular formula is C16H15F3N2O2. The van der Waals surface area contributed by atoms with Crippen molar-refractivity contribution in [3.8, 4) is 5.75 Å². The highest BCUT2D eigenvalue weighted by Crippen LogP contribution is 2.23. The van der Waals surface area contributed by atoms with E-state index in [4.69, 9.17) is 10.5 Å². The Bertz CT molecular complexity index is 736. The number of anilines is 2. The first kappa shape index (κ1) is 16.7. The molecule has 0 saturated carbocycles. The number of hydrogen-bond acceptors (Lipinski definition) is 3. The lowest BCUT2D eigenvalue weighted by Crippen LogP contribution is -2.14. The average Bonchev–Trinajstić information content (AvgIpc) is 2.53. The van der Waals surface area contributed by atoms with Gasteiger partial charge in [-0.3, -0.25) is 4.79 Å². The molecule has 3 N–H and O–H groups in total. The maximum atomic E-state index is 13.5. The highest BCUT2D eigenvalue weighted by atomic mass is 19.2. The highest BCUT2D eigenvalue weighted by molar-refractivity contribution is 5.91. The van der Waals surface area contributed by atoms with Crippen molar-refractivity contribution in [3.63, 3.8) is 0 Å². The number of nitrogens with one attached hydrogen (secondary N) is 1. The summed E-state index contributed by atoms with van der Waals surface area (Å²) in [4.78, 5) is 11.8. The molecule has 0 radical (unpaired) electrons. The van der Waals surface area contributed by atoms with Crippen LogP contribution in [-0.2, 0) is 11.2 Å². The third kappa shape index (κ3) is 3.94. The topological polar surface area (TPSA) is 64.3 Å². The van der Waals surface area contributed by atoms with Crippen LogP contribution >= 0.6 is 0 Å². The quantitative estimate of drug-likeness (QED) is 0.655. The van der Waals surface area contributed by atoms with Crippen LogP contribution in [0.3, 0.4) is 0 Å². The van der Waals surface area contributed by atoms with Crippen molar-refractivity contribution < 1.29 is 22.7 Å². The van der Waals surface area contributed by atoms with Gasteiger partial charge in [-0.1, -0.05) is 6.07 Å². The van der Waals surface area contributed by atoms with Gasteiger partial charge in [0.1, 0.15) is 5.75 Å². The molecular weight excluding hydrogens is 309 g/mol. The van der Waals surface area contributed by atoms with Gasteiger partial charge in [0.05, 0.1) is 18.5 Å². The van der Waals surface area contributed by atoms with Crippen LogP contribution in [0.25, 0.3) is 0 Å². The molecule has 4 nitrogen and oxygen atoms in total. The van der Waals surface area contributed by atoms with Crippen molar-refractivity contribution in [2.45, 2.75) is 12.8 Å². The number of carbonyl (C=O) groups is 1. The normalized spacial score (nSPS) is 10.4. The van der Waals surface area contributed by atoms with Crippen molar-refractivity contribution in [2.75, 3.05) is 18.2 Å². The molecule has 0 spiro atoms. The van der Waals surface area contributed by atoms with Gasteiger partial charge in [-0.15, -0.1) is 0 Å². The summed E-state index contributed by atoms with van der Waals surface area (Å²) in [6.07, 6.45) is 0.384. The number of halogens is 3. The van der Waals surface area contributed by atoms with Gasteiger partial charge < -0.3 is 15.8 Å². The second kappa shape index (κ2) is 7.04. The summed E-state index contributed by atoms with van der Waals surface area (Å²) in [6, 6.07) is 6.82. The maximum Gasteiger partial charge on any atom is 0.224 e. The lowest BCUT2D eigenvalue weighted by Gasteiger charge is -2.09. The van der Waals surface area contributed by atoms with E-state index in [0.29, 0.717) is 17.9 Å². The van der Waals surface area contributed by atoms with E-state index in [2.05, 4.69) is 5.32 Å². The lowest BCUT2D eigenvalue weighted by atomic mass is 10.1. The van der Waals surface area contributed by atoms with Gasteiger partial charge in [0.25, 0.3) is 0 Å². The molecule has 0 saturated heterocycles. The van der Waals surface area contributed by atoms with Crippen molar-refractivity contribution in [3.05, 3.63) is 53.3 Å². The predicted octanol–water partition coefficient (Wildman–Crippen LogP) is 3.27. The number of carbonyl (C=O) groups excluding carboxylic acids is 1. The molecule has 0 aliphatic rings. The van der Waals surface area contributed by atoms with Crippen LogP contribution in [0.15, 0.2) is 30.3 Å². The highest BCUT2D eigenvalue weighted by Gasteiger charge is 2.15. The van der Waals surface area contributed by atoms with Gasteiger partial charge in [0.2, 0.25) is 5.91 Å². The Kier molecular flexibility index (Phi) is 5.10. The number of ether oxygens (including phenoxy) is 1. The van der Waals surface area contributed by atoms with Gasteiger partial charge in [0.15, 0.2) is 17.5 Å². The molecule has 0 fully saturated rings. The molecule has 0 aliphatic carbocycles. The molecule has 2 aromatic rings. The molecule has 0 heterocycles. The Labute approximate surface area is 131 Å². The summed E-state index contributed by atoms with van der Waals surface area (Å²) in [5.74, 6) is -4.35.